The average molecular weight is 271 g/mol. The normalized spacial score (nSPS) is 17.7. The number of hydrogen-bond acceptors (Lipinski definition) is 2. The van der Waals surface area contributed by atoms with E-state index in [-0.39, 0.29) is 22.4 Å². The summed E-state index contributed by atoms with van der Waals surface area (Å²) in [6.45, 7) is 1.87. The fraction of sp³-hybridized carbons (Fsp3) is 0.692. The molecule has 1 fully saturated rings. The Morgan fingerprint density at radius 1 is 1.22 bits per heavy atom. The molecule has 1 N–H and O–H groups in total. The first kappa shape index (κ1) is 13.4. The summed E-state index contributed by atoms with van der Waals surface area (Å²) in [6, 6.07) is 0.0336. The number of H-pyrrole nitrogens is 1. The molecule has 0 spiro atoms. The Morgan fingerprint density at radius 2 is 1.83 bits per heavy atom. The molecule has 0 saturated heterocycles. The van der Waals surface area contributed by atoms with Crippen molar-refractivity contribution >= 4 is 11.6 Å². The van der Waals surface area contributed by atoms with Crippen LogP contribution in [0.3, 0.4) is 0 Å². The van der Waals surface area contributed by atoms with Crippen molar-refractivity contribution in [3.63, 3.8) is 0 Å². The number of aromatic amines is 1. The smallest absolute Gasteiger partial charge is 0.297 e. The number of nitrogens with one attached hydrogen (secondary N) is 1. The van der Waals surface area contributed by atoms with Crippen LogP contribution >= 0.6 is 11.6 Å². The third-order valence-electron chi connectivity index (χ3n) is 3.72. The van der Waals surface area contributed by atoms with Gasteiger partial charge in [-0.15, -0.1) is 0 Å². The van der Waals surface area contributed by atoms with E-state index in [2.05, 4.69) is 4.98 Å². The van der Waals surface area contributed by atoms with E-state index in [0.29, 0.717) is 12.0 Å². The van der Waals surface area contributed by atoms with Crippen LogP contribution in [0.1, 0.15) is 57.1 Å². The van der Waals surface area contributed by atoms with Gasteiger partial charge in [-0.2, -0.15) is 0 Å². The second-order valence-electron chi connectivity index (χ2n) is 4.90. The van der Waals surface area contributed by atoms with Gasteiger partial charge in [0.1, 0.15) is 5.15 Å². The average Bonchev–Trinajstić information content (AvgIpc) is 2.58. The lowest BCUT2D eigenvalue weighted by atomic mass is 10.1. The van der Waals surface area contributed by atoms with Gasteiger partial charge in [0, 0.05) is 6.04 Å². The number of rotatable bonds is 2. The minimum atomic E-state index is -0.367. The molecule has 1 heterocycles. The van der Waals surface area contributed by atoms with Gasteiger partial charge in [0.2, 0.25) is 0 Å². The minimum absolute atomic E-state index is 0.0336. The van der Waals surface area contributed by atoms with E-state index in [9.17, 15) is 9.59 Å². The van der Waals surface area contributed by atoms with Gasteiger partial charge in [0.05, 0.1) is 5.56 Å². The molecule has 1 aliphatic carbocycles. The van der Waals surface area contributed by atoms with Crippen molar-refractivity contribution in [2.75, 3.05) is 0 Å². The molecule has 18 heavy (non-hydrogen) atoms. The van der Waals surface area contributed by atoms with E-state index in [0.717, 1.165) is 25.7 Å². The first-order valence-electron chi connectivity index (χ1n) is 6.68. The van der Waals surface area contributed by atoms with Gasteiger partial charge in [0.15, 0.2) is 0 Å². The quantitative estimate of drug-likeness (QED) is 0.663. The number of nitrogens with zero attached hydrogens (tertiary/aromatic N) is 1. The van der Waals surface area contributed by atoms with Gasteiger partial charge in [-0.05, 0) is 19.3 Å². The number of hydrogen-bond donors (Lipinski definition) is 1. The molecule has 0 atom stereocenters. The molecule has 0 unspecified atom stereocenters. The topological polar surface area (TPSA) is 54.9 Å². The predicted molar refractivity (Wildman–Crippen MR) is 72.4 cm³/mol. The molecule has 0 aromatic carbocycles. The minimum Gasteiger partial charge on any atom is -0.297 e. The number of aromatic nitrogens is 2. The highest BCUT2D eigenvalue weighted by Crippen LogP contribution is 2.25. The molecule has 1 aliphatic rings. The van der Waals surface area contributed by atoms with Gasteiger partial charge < -0.3 is 0 Å². The summed E-state index contributed by atoms with van der Waals surface area (Å²) in [5.41, 5.74) is -0.0623. The Labute approximate surface area is 111 Å². The van der Waals surface area contributed by atoms with E-state index < -0.39 is 0 Å². The lowest BCUT2D eigenvalue weighted by Crippen LogP contribution is -2.40. The third-order valence-corrected chi connectivity index (χ3v) is 4.04. The molecular formula is C13H19ClN2O2. The van der Waals surface area contributed by atoms with E-state index in [4.69, 9.17) is 11.6 Å². The molecule has 1 aromatic rings. The zero-order valence-electron chi connectivity index (χ0n) is 10.7. The van der Waals surface area contributed by atoms with Crippen molar-refractivity contribution in [1.29, 1.82) is 0 Å². The monoisotopic (exact) mass is 270 g/mol. The Balaban J connectivity index is 2.49. The molecule has 0 aliphatic heterocycles. The zero-order valence-corrected chi connectivity index (χ0v) is 11.4. The molecule has 1 aromatic heterocycles. The summed E-state index contributed by atoms with van der Waals surface area (Å²) >= 11 is 5.91. The second-order valence-corrected chi connectivity index (χ2v) is 5.27. The second kappa shape index (κ2) is 5.74. The highest BCUT2D eigenvalue weighted by Gasteiger charge is 2.20. The molecule has 0 amide bonds. The van der Waals surface area contributed by atoms with Crippen molar-refractivity contribution < 1.29 is 0 Å². The lowest BCUT2D eigenvalue weighted by Gasteiger charge is -2.17. The van der Waals surface area contributed by atoms with Gasteiger partial charge in [-0.3, -0.25) is 14.3 Å². The van der Waals surface area contributed by atoms with Crippen LogP contribution in [0, 0.1) is 0 Å². The summed E-state index contributed by atoms with van der Waals surface area (Å²) < 4.78 is 1.38. The Morgan fingerprint density at radius 3 is 2.39 bits per heavy atom. The first-order valence-corrected chi connectivity index (χ1v) is 7.06. The lowest BCUT2D eigenvalue weighted by molar-refractivity contribution is 0.413. The van der Waals surface area contributed by atoms with Crippen LogP contribution in [0.15, 0.2) is 9.59 Å². The molecule has 2 rings (SSSR count). The van der Waals surface area contributed by atoms with Crippen LogP contribution < -0.4 is 11.2 Å². The molecule has 5 heteroatoms. The fourth-order valence-electron chi connectivity index (χ4n) is 2.72. The van der Waals surface area contributed by atoms with Crippen LogP contribution in [0.4, 0.5) is 0 Å². The Hall–Kier alpha value is -1.03. The predicted octanol–water partition coefficient (Wildman–Crippen LogP) is 2.65. The van der Waals surface area contributed by atoms with Gasteiger partial charge >= 0.3 is 5.69 Å². The van der Waals surface area contributed by atoms with Crippen LogP contribution in [-0.2, 0) is 6.42 Å². The Bertz CT molecular complexity index is 525. The van der Waals surface area contributed by atoms with Crippen LogP contribution in [0.25, 0.3) is 0 Å². The molecule has 100 valence electrons. The number of halogens is 1. The molecule has 0 bridgehead atoms. The largest absolute Gasteiger partial charge is 0.329 e. The highest BCUT2D eigenvalue weighted by atomic mass is 35.5. The van der Waals surface area contributed by atoms with Crippen molar-refractivity contribution in [3.8, 4) is 0 Å². The standard InChI is InChI=1S/C13H19ClN2O2/c1-2-10-11(14)15-13(18)16(12(10)17)9-7-5-3-4-6-8-9/h9H,2-8H2,1H3,(H,15,18). The summed E-state index contributed by atoms with van der Waals surface area (Å²) in [6.07, 6.45) is 6.92. The highest BCUT2D eigenvalue weighted by molar-refractivity contribution is 6.30. The zero-order chi connectivity index (χ0) is 13.1. The van der Waals surface area contributed by atoms with Crippen LogP contribution in [0.5, 0.6) is 0 Å². The van der Waals surface area contributed by atoms with E-state index in [1.165, 1.54) is 17.4 Å². The fourth-order valence-corrected chi connectivity index (χ4v) is 3.01. The third kappa shape index (κ3) is 2.53. The maximum Gasteiger partial charge on any atom is 0.329 e. The molecule has 1 saturated carbocycles. The van der Waals surface area contributed by atoms with Gasteiger partial charge in [-0.25, -0.2) is 4.79 Å². The first-order chi connectivity index (χ1) is 8.65. The van der Waals surface area contributed by atoms with Gasteiger partial charge in [0.25, 0.3) is 5.56 Å². The SMILES string of the molecule is CCc1c(Cl)[nH]c(=O)n(C2CCCCCC2)c1=O. The van der Waals surface area contributed by atoms with E-state index in [1.807, 2.05) is 6.92 Å². The molecule has 4 nitrogen and oxygen atoms in total. The van der Waals surface area contributed by atoms with Crippen molar-refractivity contribution in [1.82, 2.24) is 9.55 Å². The van der Waals surface area contributed by atoms with Crippen molar-refractivity contribution in [2.24, 2.45) is 0 Å². The summed E-state index contributed by atoms with van der Waals surface area (Å²) in [7, 11) is 0. The van der Waals surface area contributed by atoms with Crippen LogP contribution in [-0.4, -0.2) is 9.55 Å². The summed E-state index contributed by atoms with van der Waals surface area (Å²) in [5.74, 6) is 0. The maximum absolute atomic E-state index is 12.3. The summed E-state index contributed by atoms with van der Waals surface area (Å²) in [4.78, 5) is 26.9. The summed E-state index contributed by atoms with van der Waals surface area (Å²) in [5, 5.41) is 0.192. The van der Waals surface area contributed by atoms with Crippen molar-refractivity contribution in [3.05, 3.63) is 31.6 Å². The van der Waals surface area contributed by atoms with Crippen molar-refractivity contribution in [2.45, 2.75) is 57.9 Å². The van der Waals surface area contributed by atoms with Gasteiger partial charge in [-0.1, -0.05) is 44.2 Å². The molecule has 0 radical (unpaired) electrons. The maximum atomic E-state index is 12.3. The van der Waals surface area contributed by atoms with E-state index in [1.54, 1.807) is 0 Å². The van der Waals surface area contributed by atoms with E-state index >= 15 is 0 Å². The Kier molecular flexibility index (Phi) is 4.27. The molecular weight excluding hydrogens is 252 g/mol. The van der Waals surface area contributed by atoms with Crippen LogP contribution in [0.2, 0.25) is 5.15 Å².